The number of halogens is 1. The third kappa shape index (κ3) is 4.91. The molecule has 0 aliphatic rings. The number of rotatable bonds is 6. The zero-order chi connectivity index (χ0) is 16.9. The lowest BCUT2D eigenvalue weighted by atomic mass is 10.2. The molecule has 0 spiro atoms. The first-order chi connectivity index (χ1) is 10.9. The molecule has 0 aliphatic heterocycles. The van der Waals surface area contributed by atoms with Crippen molar-refractivity contribution in [1.82, 2.24) is 0 Å². The highest BCUT2D eigenvalue weighted by molar-refractivity contribution is 9.10. The lowest BCUT2D eigenvalue weighted by Gasteiger charge is -2.07. The summed E-state index contributed by atoms with van der Waals surface area (Å²) in [4.78, 5) is 0.182. The summed E-state index contributed by atoms with van der Waals surface area (Å²) in [5, 5.41) is 0. The highest BCUT2D eigenvalue weighted by atomic mass is 79.9. The number of hydrogen-bond donors (Lipinski definition) is 0. The molecule has 2 aromatic carbocycles. The van der Waals surface area contributed by atoms with Crippen LogP contribution in [0.3, 0.4) is 0 Å². The molecule has 23 heavy (non-hydrogen) atoms. The van der Waals surface area contributed by atoms with Gasteiger partial charge in [0.25, 0.3) is 10.0 Å². The van der Waals surface area contributed by atoms with Gasteiger partial charge in [0.1, 0.15) is 5.75 Å². The fourth-order valence-corrected chi connectivity index (χ4v) is 3.20. The molecule has 0 N–H and O–H groups in total. The number of sulfonamides is 1. The third-order valence-electron chi connectivity index (χ3n) is 3.08. The second-order valence-electron chi connectivity index (χ2n) is 5.06. The summed E-state index contributed by atoms with van der Waals surface area (Å²) in [5.41, 5.74) is 1.68. The van der Waals surface area contributed by atoms with E-state index in [0.29, 0.717) is 12.2 Å². The monoisotopic (exact) mass is 395 g/mol. The van der Waals surface area contributed by atoms with E-state index < -0.39 is 10.0 Å². The van der Waals surface area contributed by atoms with Crippen molar-refractivity contribution in [2.24, 2.45) is 4.40 Å². The van der Waals surface area contributed by atoms with E-state index in [0.717, 1.165) is 22.2 Å². The van der Waals surface area contributed by atoms with Crippen molar-refractivity contribution in [1.29, 1.82) is 0 Å². The van der Waals surface area contributed by atoms with Gasteiger partial charge in [-0.1, -0.05) is 24.6 Å². The Labute approximate surface area is 145 Å². The zero-order valence-electron chi connectivity index (χ0n) is 13.0. The fraction of sp³-hybridized carbons (Fsp3) is 0.235. The minimum atomic E-state index is -3.69. The molecular formula is C17H18BrNO3S. The van der Waals surface area contributed by atoms with E-state index in [9.17, 15) is 8.42 Å². The molecule has 0 amide bonds. The largest absolute Gasteiger partial charge is 0.492 e. The van der Waals surface area contributed by atoms with Crippen LogP contribution in [0.5, 0.6) is 5.75 Å². The van der Waals surface area contributed by atoms with E-state index in [-0.39, 0.29) is 4.90 Å². The van der Waals surface area contributed by atoms with Gasteiger partial charge in [-0.05, 0) is 65.2 Å². The number of aryl methyl sites for hydroxylation is 1. The normalized spacial score (nSPS) is 11.8. The average molecular weight is 396 g/mol. The Balaban J connectivity index is 2.19. The molecule has 0 unspecified atom stereocenters. The Morgan fingerprint density at radius 1 is 1.17 bits per heavy atom. The van der Waals surface area contributed by atoms with Crippen LogP contribution in [-0.4, -0.2) is 21.2 Å². The van der Waals surface area contributed by atoms with Crippen molar-refractivity contribution >= 4 is 32.2 Å². The second-order valence-corrected chi connectivity index (χ2v) is 7.55. The highest BCUT2D eigenvalue weighted by Crippen LogP contribution is 2.25. The van der Waals surface area contributed by atoms with Gasteiger partial charge in [-0.3, -0.25) is 0 Å². The van der Waals surface area contributed by atoms with Gasteiger partial charge in [0, 0.05) is 6.21 Å². The van der Waals surface area contributed by atoms with E-state index in [2.05, 4.69) is 20.3 Å². The molecule has 2 aromatic rings. The smallest absolute Gasteiger partial charge is 0.282 e. The molecule has 0 bridgehead atoms. The van der Waals surface area contributed by atoms with Crippen LogP contribution in [0.1, 0.15) is 24.5 Å². The lowest BCUT2D eigenvalue weighted by molar-refractivity contribution is 0.315. The van der Waals surface area contributed by atoms with E-state index in [1.807, 2.05) is 13.8 Å². The fourth-order valence-electron chi connectivity index (χ4n) is 1.83. The van der Waals surface area contributed by atoms with Gasteiger partial charge in [-0.25, -0.2) is 0 Å². The van der Waals surface area contributed by atoms with Gasteiger partial charge < -0.3 is 4.74 Å². The molecule has 0 fully saturated rings. The van der Waals surface area contributed by atoms with E-state index >= 15 is 0 Å². The Kier molecular flexibility index (Phi) is 5.96. The van der Waals surface area contributed by atoms with Crippen LogP contribution >= 0.6 is 15.9 Å². The molecule has 0 heterocycles. The van der Waals surface area contributed by atoms with Crippen LogP contribution in [0.25, 0.3) is 0 Å². The molecule has 0 aromatic heterocycles. The van der Waals surface area contributed by atoms with Crippen LogP contribution in [0.15, 0.2) is 56.2 Å². The summed E-state index contributed by atoms with van der Waals surface area (Å²) in [6.07, 6.45) is 2.26. The first-order valence-corrected chi connectivity index (χ1v) is 9.45. The first kappa shape index (κ1) is 17.7. The van der Waals surface area contributed by atoms with Crippen LogP contribution in [-0.2, 0) is 10.0 Å². The molecule has 0 atom stereocenters. The van der Waals surface area contributed by atoms with Crippen molar-refractivity contribution in [3.63, 3.8) is 0 Å². The van der Waals surface area contributed by atoms with Gasteiger partial charge in [0.05, 0.1) is 16.0 Å². The van der Waals surface area contributed by atoms with Gasteiger partial charge >= 0.3 is 0 Å². The maximum atomic E-state index is 12.2. The predicted molar refractivity (Wildman–Crippen MR) is 95.9 cm³/mol. The molecule has 2 rings (SSSR count). The Hall–Kier alpha value is -1.66. The molecule has 122 valence electrons. The summed E-state index contributed by atoms with van der Waals surface area (Å²) < 4.78 is 34.4. The molecule has 4 nitrogen and oxygen atoms in total. The van der Waals surface area contributed by atoms with E-state index in [4.69, 9.17) is 4.74 Å². The van der Waals surface area contributed by atoms with Crippen molar-refractivity contribution in [2.45, 2.75) is 25.2 Å². The average Bonchev–Trinajstić information content (AvgIpc) is 2.52. The molecule has 6 heteroatoms. The Morgan fingerprint density at radius 3 is 2.48 bits per heavy atom. The van der Waals surface area contributed by atoms with Crippen molar-refractivity contribution in [2.75, 3.05) is 6.61 Å². The SMILES string of the molecule is CCCOc1ccc(/C=N\S(=O)(=O)c2ccc(C)cc2)cc1Br. The summed E-state index contributed by atoms with van der Waals surface area (Å²) in [6.45, 7) is 4.57. The third-order valence-corrected chi connectivity index (χ3v) is 4.95. The molecule has 0 saturated heterocycles. The molecule has 0 saturated carbocycles. The minimum Gasteiger partial charge on any atom is -0.492 e. The lowest BCUT2D eigenvalue weighted by Crippen LogP contribution is -1.98. The molecular weight excluding hydrogens is 378 g/mol. The van der Waals surface area contributed by atoms with Crippen molar-refractivity contribution in [3.8, 4) is 5.75 Å². The number of benzene rings is 2. The Morgan fingerprint density at radius 2 is 1.87 bits per heavy atom. The molecule has 0 radical (unpaired) electrons. The first-order valence-electron chi connectivity index (χ1n) is 7.22. The number of hydrogen-bond acceptors (Lipinski definition) is 3. The topological polar surface area (TPSA) is 55.7 Å². The van der Waals surface area contributed by atoms with Crippen LogP contribution < -0.4 is 4.74 Å². The highest BCUT2D eigenvalue weighted by Gasteiger charge is 2.11. The maximum Gasteiger partial charge on any atom is 0.282 e. The summed E-state index contributed by atoms with van der Waals surface area (Å²) in [6, 6.07) is 11.9. The summed E-state index contributed by atoms with van der Waals surface area (Å²) in [7, 11) is -3.69. The van der Waals surface area contributed by atoms with E-state index in [1.54, 1.807) is 42.5 Å². The van der Waals surface area contributed by atoms with Crippen LogP contribution in [0.4, 0.5) is 0 Å². The zero-order valence-corrected chi connectivity index (χ0v) is 15.4. The second kappa shape index (κ2) is 7.75. The standard InChI is InChI=1S/C17H18BrNO3S/c1-3-10-22-17-9-6-14(11-16(17)18)12-19-23(20,21)15-7-4-13(2)5-8-15/h4-9,11-12H,3,10H2,1-2H3/b19-12-. The van der Waals surface area contributed by atoms with Gasteiger partial charge in [0.2, 0.25) is 0 Å². The predicted octanol–water partition coefficient (Wildman–Crippen LogP) is 4.35. The maximum absolute atomic E-state index is 12.2. The van der Waals surface area contributed by atoms with Crippen LogP contribution in [0, 0.1) is 6.92 Å². The summed E-state index contributed by atoms with van der Waals surface area (Å²) >= 11 is 3.41. The van der Waals surface area contributed by atoms with Gasteiger partial charge in [0.15, 0.2) is 0 Å². The minimum absolute atomic E-state index is 0.182. The van der Waals surface area contributed by atoms with Crippen LogP contribution in [0.2, 0.25) is 0 Å². The number of ether oxygens (including phenoxy) is 1. The summed E-state index contributed by atoms with van der Waals surface area (Å²) in [5.74, 6) is 0.727. The number of nitrogens with zero attached hydrogens (tertiary/aromatic N) is 1. The van der Waals surface area contributed by atoms with Gasteiger partial charge in [-0.2, -0.15) is 12.8 Å². The quantitative estimate of drug-likeness (QED) is 0.682. The van der Waals surface area contributed by atoms with Crippen molar-refractivity contribution < 1.29 is 13.2 Å². The van der Waals surface area contributed by atoms with Gasteiger partial charge in [-0.15, -0.1) is 0 Å². The van der Waals surface area contributed by atoms with Crippen molar-refractivity contribution in [3.05, 3.63) is 58.1 Å². The molecule has 0 aliphatic carbocycles. The van der Waals surface area contributed by atoms with E-state index in [1.165, 1.54) is 6.21 Å². The Bertz CT molecular complexity index is 799.